The van der Waals surface area contributed by atoms with Crippen molar-refractivity contribution in [2.75, 3.05) is 6.61 Å². The molecule has 3 heterocycles. The van der Waals surface area contributed by atoms with E-state index in [1.807, 2.05) is 35.5 Å². The lowest BCUT2D eigenvalue weighted by atomic mass is 10.0. The predicted molar refractivity (Wildman–Crippen MR) is 86.0 cm³/mol. The van der Waals surface area contributed by atoms with Crippen LogP contribution in [0.3, 0.4) is 0 Å². The number of ether oxygens (including phenoxy) is 1. The van der Waals surface area contributed by atoms with Crippen molar-refractivity contribution in [3.63, 3.8) is 0 Å². The molecule has 0 radical (unpaired) electrons. The molecule has 5 nitrogen and oxygen atoms in total. The van der Waals surface area contributed by atoms with Crippen molar-refractivity contribution < 1.29 is 4.74 Å². The molecule has 2 fully saturated rings. The van der Waals surface area contributed by atoms with E-state index in [0.717, 1.165) is 25.5 Å². The summed E-state index contributed by atoms with van der Waals surface area (Å²) in [4.78, 5) is 5.88. The zero-order chi connectivity index (χ0) is 15.1. The van der Waals surface area contributed by atoms with Gasteiger partial charge in [-0.2, -0.15) is 5.10 Å². The molecule has 2 aromatic rings. The van der Waals surface area contributed by atoms with E-state index < -0.39 is 0 Å². The fourth-order valence-electron chi connectivity index (χ4n) is 3.06. The minimum atomic E-state index is 0.115. The molecule has 2 aliphatic rings. The Kier molecular flexibility index (Phi) is 3.76. The Bertz CT molecular complexity index is 661. The minimum absolute atomic E-state index is 0.115. The summed E-state index contributed by atoms with van der Waals surface area (Å²) in [7, 11) is 1.98. The maximum Gasteiger partial charge on any atom is 0.101 e. The monoisotopic (exact) mass is 318 g/mol. The van der Waals surface area contributed by atoms with Crippen molar-refractivity contribution >= 4 is 11.3 Å². The largest absolute Gasteiger partial charge is 0.372 e. The SMILES string of the molecule is Cc1c([C@H]2OCC[C@@H]2NCc2cnc(C3CC3)s2)cnn1C. The van der Waals surface area contributed by atoms with Gasteiger partial charge in [-0.3, -0.25) is 4.68 Å². The van der Waals surface area contributed by atoms with Crippen molar-refractivity contribution in [3.8, 4) is 0 Å². The van der Waals surface area contributed by atoms with E-state index in [1.54, 1.807) is 0 Å². The number of rotatable bonds is 5. The van der Waals surface area contributed by atoms with Gasteiger partial charge in [0.15, 0.2) is 0 Å². The predicted octanol–water partition coefficient (Wildman–Crippen LogP) is 2.68. The molecule has 1 aliphatic heterocycles. The number of nitrogens with one attached hydrogen (secondary N) is 1. The van der Waals surface area contributed by atoms with Gasteiger partial charge < -0.3 is 10.1 Å². The second kappa shape index (κ2) is 5.76. The van der Waals surface area contributed by atoms with E-state index in [2.05, 4.69) is 22.3 Å². The standard InChI is InChI=1S/C16H22N4OS/c1-10-13(9-19-20(10)2)15-14(5-6-21-15)17-7-12-8-18-16(22-12)11-3-4-11/h8-9,11,14-15,17H,3-7H2,1-2H3/t14-,15+/m0/s1. The van der Waals surface area contributed by atoms with E-state index in [1.165, 1.54) is 34.0 Å². The number of hydrogen-bond donors (Lipinski definition) is 1. The second-order valence-corrected chi connectivity index (χ2v) is 7.46. The molecule has 0 amide bonds. The summed E-state index contributed by atoms with van der Waals surface area (Å²) >= 11 is 1.86. The number of thiazole rings is 1. The second-order valence-electron chi connectivity index (χ2n) is 6.32. The highest BCUT2D eigenvalue weighted by molar-refractivity contribution is 7.11. The zero-order valence-electron chi connectivity index (χ0n) is 13.1. The molecular weight excluding hydrogens is 296 g/mol. The number of aryl methyl sites for hydroxylation is 1. The molecule has 0 aromatic carbocycles. The van der Waals surface area contributed by atoms with Crippen LogP contribution >= 0.6 is 11.3 Å². The highest BCUT2D eigenvalue weighted by Crippen LogP contribution is 2.41. The van der Waals surface area contributed by atoms with E-state index in [-0.39, 0.29) is 6.10 Å². The summed E-state index contributed by atoms with van der Waals surface area (Å²) < 4.78 is 7.88. The van der Waals surface area contributed by atoms with Crippen LogP contribution in [0.4, 0.5) is 0 Å². The fraction of sp³-hybridized carbons (Fsp3) is 0.625. The van der Waals surface area contributed by atoms with Crippen molar-refractivity contribution in [1.29, 1.82) is 0 Å². The van der Waals surface area contributed by atoms with Crippen LogP contribution in [0, 0.1) is 6.92 Å². The van der Waals surface area contributed by atoms with Crippen LogP contribution in [0.5, 0.6) is 0 Å². The lowest BCUT2D eigenvalue weighted by Crippen LogP contribution is -2.31. The maximum atomic E-state index is 5.96. The van der Waals surface area contributed by atoms with Gasteiger partial charge in [0.1, 0.15) is 6.10 Å². The number of hydrogen-bond acceptors (Lipinski definition) is 5. The summed E-state index contributed by atoms with van der Waals surface area (Å²) in [5.74, 6) is 0.749. The maximum absolute atomic E-state index is 5.96. The quantitative estimate of drug-likeness (QED) is 0.921. The molecule has 1 aliphatic carbocycles. The molecule has 1 saturated heterocycles. The molecule has 0 spiro atoms. The highest BCUT2D eigenvalue weighted by atomic mass is 32.1. The average molecular weight is 318 g/mol. The summed E-state index contributed by atoms with van der Waals surface area (Å²) in [5.41, 5.74) is 2.40. The van der Waals surface area contributed by atoms with Gasteiger partial charge in [-0.15, -0.1) is 11.3 Å². The topological polar surface area (TPSA) is 52.0 Å². The van der Waals surface area contributed by atoms with Crippen LogP contribution in [-0.4, -0.2) is 27.4 Å². The van der Waals surface area contributed by atoms with Crippen LogP contribution in [0.1, 0.15) is 52.4 Å². The smallest absolute Gasteiger partial charge is 0.101 e. The Morgan fingerprint density at radius 2 is 2.23 bits per heavy atom. The van der Waals surface area contributed by atoms with Crippen molar-refractivity contribution in [2.45, 2.75) is 50.8 Å². The Morgan fingerprint density at radius 3 is 2.95 bits per heavy atom. The Hall–Kier alpha value is -1.24. The zero-order valence-corrected chi connectivity index (χ0v) is 13.9. The van der Waals surface area contributed by atoms with Gasteiger partial charge in [-0.25, -0.2) is 4.98 Å². The first kappa shape index (κ1) is 14.4. The van der Waals surface area contributed by atoms with Crippen LogP contribution in [0.2, 0.25) is 0 Å². The third kappa shape index (κ3) is 2.71. The number of aromatic nitrogens is 3. The van der Waals surface area contributed by atoms with Gasteiger partial charge in [-0.05, 0) is 26.2 Å². The first-order valence-corrected chi connectivity index (χ1v) is 8.82. The third-order valence-corrected chi connectivity index (χ3v) is 5.87. The molecular formula is C16H22N4OS. The van der Waals surface area contributed by atoms with Gasteiger partial charge in [-0.1, -0.05) is 0 Å². The first-order chi connectivity index (χ1) is 10.7. The Balaban J connectivity index is 1.41. The fourth-order valence-corrected chi connectivity index (χ4v) is 4.09. The summed E-state index contributed by atoms with van der Waals surface area (Å²) in [6.07, 6.45) is 7.78. The third-order valence-electron chi connectivity index (χ3n) is 4.71. The van der Waals surface area contributed by atoms with Gasteiger partial charge >= 0.3 is 0 Å². The van der Waals surface area contributed by atoms with Gasteiger partial charge in [0.25, 0.3) is 0 Å². The Morgan fingerprint density at radius 1 is 1.36 bits per heavy atom. The van der Waals surface area contributed by atoms with Crippen molar-refractivity contribution in [2.24, 2.45) is 7.05 Å². The average Bonchev–Trinajstić information content (AvgIpc) is 2.94. The van der Waals surface area contributed by atoms with Gasteiger partial charge in [0.05, 0.1) is 11.2 Å². The lowest BCUT2D eigenvalue weighted by Gasteiger charge is -2.19. The first-order valence-electron chi connectivity index (χ1n) is 8.00. The van der Waals surface area contributed by atoms with Gasteiger partial charge in [0.2, 0.25) is 0 Å². The van der Waals surface area contributed by atoms with Gasteiger partial charge in [0, 0.05) is 54.5 Å². The normalized spacial score (nSPS) is 25.0. The molecule has 1 N–H and O–H groups in total. The molecule has 2 aromatic heterocycles. The molecule has 6 heteroatoms. The van der Waals surface area contributed by atoms with E-state index in [9.17, 15) is 0 Å². The van der Waals surface area contributed by atoms with Crippen LogP contribution in [-0.2, 0) is 18.3 Å². The highest BCUT2D eigenvalue weighted by Gasteiger charge is 2.32. The van der Waals surface area contributed by atoms with E-state index in [0.29, 0.717) is 6.04 Å². The summed E-state index contributed by atoms with van der Waals surface area (Å²) in [6, 6.07) is 0.356. The minimum Gasteiger partial charge on any atom is -0.372 e. The van der Waals surface area contributed by atoms with E-state index in [4.69, 9.17) is 4.74 Å². The summed E-state index contributed by atoms with van der Waals surface area (Å²) in [6.45, 7) is 3.80. The van der Waals surface area contributed by atoms with Crippen molar-refractivity contribution in [3.05, 3.63) is 33.5 Å². The molecule has 0 bridgehead atoms. The van der Waals surface area contributed by atoms with Crippen LogP contribution < -0.4 is 5.32 Å². The van der Waals surface area contributed by atoms with Crippen molar-refractivity contribution in [1.82, 2.24) is 20.1 Å². The lowest BCUT2D eigenvalue weighted by molar-refractivity contribution is 0.0979. The Labute approximate surface area is 134 Å². The molecule has 118 valence electrons. The summed E-state index contributed by atoms with van der Waals surface area (Å²) in [5, 5.41) is 9.33. The molecule has 0 unspecified atom stereocenters. The number of nitrogens with zero attached hydrogens (tertiary/aromatic N) is 3. The molecule has 22 heavy (non-hydrogen) atoms. The molecule has 1 saturated carbocycles. The molecule has 4 rings (SSSR count). The van der Waals surface area contributed by atoms with Crippen LogP contribution in [0.25, 0.3) is 0 Å². The van der Waals surface area contributed by atoms with Crippen LogP contribution in [0.15, 0.2) is 12.4 Å². The van der Waals surface area contributed by atoms with E-state index >= 15 is 0 Å². The molecule has 2 atom stereocenters.